The van der Waals surface area contributed by atoms with Crippen molar-refractivity contribution >= 4 is 0 Å². The average molecular weight is 263 g/mol. The number of ether oxygens (including phenoxy) is 1. The van der Waals surface area contributed by atoms with Crippen LogP contribution in [0.15, 0.2) is 18.2 Å². The number of alkyl halides is 3. The molecule has 102 valence electrons. The molecular formula is C12H16F3NO2. The van der Waals surface area contributed by atoms with Crippen LogP contribution in [0.5, 0.6) is 5.75 Å². The maximum atomic E-state index is 12.2. The average Bonchev–Trinajstić information content (AvgIpc) is 2.26. The largest absolute Gasteiger partial charge is 0.496 e. The summed E-state index contributed by atoms with van der Waals surface area (Å²) in [7, 11) is 2.85. The number of hydrogen-bond donors (Lipinski definition) is 1. The lowest BCUT2D eigenvalue weighted by Gasteiger charge is -2.20. The molecule has 3 nitrogen and oxygen atoms in total. The van der Waals surface area contributed by atoms with Crippen LogP contribution < -0.4 is 4.74 Å². The molecule has 18 heavy (non-hydrogen) atoms. The highest BCUT2D eigenvalue weighted by molar-refractivity contribution is 5.37. The zero-order valence-electron chi connectivity index (χ0n) is 10.3. The second kappa shape index (κ2) is 6.06. The van der Waals surface area contributed by atoms with Crippen LogP contribution in [0.25, 0.3) is 0 Å². The Morgan fingerprint density at radius 2 is 2.00 bits per heavy atom. The first kappa shape index (κ1) is 14.8. The van der Waals surface area contributed by atoms with Gasteiger partial charge in [0.2, 0.25) is 0 Å². The van der Waals surface area contributed by atoms with E-state index < -0.39 is 12.7 Å². The molecule has 6 heteroatoms. The molecule has 0 radical (unpaired) electrons. The Kier molecular flexibility index (Phi) is 4.98. The van der Waals surface area contributed by atoms with E-state index in [2.05, 4.69) is 0 Å². The molecule has 0 aliphatic heterocycles. The van der Waals surface area contributed by atoms with Gasteiger partial charge in [0, 0.05) is 12.1 Å². The predicted octanol–water partition coefficient (Wildman–Crippen LogP) is 2.18. The number of nitrogens with zero attached hydrogens (tertiary/aromatic N) is 1. The Hall–Kier alpha value is -1.27. The van der Waals surface area contributed by atoms with Gasteiger partial charge in [-0.15, -0.1) is 0 Å². The molecular weight excluding hydrogens is 247 g/mol. The number of aliphatic hydroxyl groups is 1. The number of halogens is 3. The van der Waals surface area contributed by atoms with Gasteiger partial charge in [-0.1, -0.05) is 6.07 Å². The molecule has 0 heterocycles. The summed E-state index contributed by atoms with van der Waals surface area (Å²) >= 11 is 0. The van der Waals surface area contributed by atoms with Crippen LogP contribution in [0.2, 0.25) is 0 Å². The van der Waals surface area contributed by atoms with E-state index in [4.69, 9.17) is 9.84 Å². The first-order valence-corrected chi connectivity index (χ1v) is 5.37. The second-order valence-corrected chi connectivity index (χ2v) is 4.09. The van der Waals surface area contributed by atoms with Crippen molar-refractivity contribution in [3.8, 4) is 5.75 Å². The molecule has 0 fully saturated rings. The maximum absolute atomic E-state index is 12.2. The Labute approximate surface area is 104 Å². The lowest BCUT2D eigenvalue weighted by molar-refractivity contribution is -0.144. The molecule has 0 aliphatic rings. The summed E-state index contributed by atoms with van der Waals surface area (Å²) in [5, 5.41) is 9.01. The van der Waals surface area contributed by atoms with E-state index in [0.717, 1.165) is 4.90 Å². The van der Waals surface area contributed by atoms with E-state index in [9.17, 15) is 13.2 Å². The maximum Gasteiger partial charge on any atom is 0.401 e. The SMILES string of the molecule is COc1ccc(CO)cc1CN(C)CC(F)(F)F. The molecule has 0 saturated carbocycles. The van der Waals surface area contributed by atoms with Gasteiger partial charge in [-0.3, -0.25) is 4.90 Å². The molecule has 0 unspecified atom stereocenters. The zero-order chi connectivity index (χ0) is 13.8. The van der Waals surface area contributed by atoms with Crippen LogP contribution in [0, 0.1) is 0 Å². The van der Waals surface area contributed by atoms with E-state index >= 15 is 0 Å². The minimum absolute atomic E-state index is 0.108. The third-order valence-electron chi connectivity index (χ3n) is 2.42. The Bertz CT molecular complexity index is 393. The van der Waals surface area contributed by atoms with E-state index in [1.54, 1.807) is 18.2 Å². The molecule has 1 aromatic rings. The second-order valence-electron chi connectivity index (χ2n) is 4.09. The van der Waals surface area contributed by atoms with Gasteiger partial charge in [-0.25, -0.2) is 0 Å². The van der Waals surface area contributed by atoms with Gasteiger partial charge in [0.25, 0.3) is 0 Å². The smallest absolute Gasteiger partial charge is 0.401 e. The minimum Gasteiger partial charge on any atom is -0.496 e. The molecule has 1 rings (SSSR count). The summed E-state index contributed by atoms with van der Waals surface area (Å²) in [5.41, 5.74) is 1.27. The van der Waals surface area contributed by atoms with Gasteiger partial charge in [0.15, 0.2) is 0 Å². The van der Waals surface area contributed by atoms with Gasteiger partial charge in [-0.05, 0) is 24.7 Å². The highest BCUT2D eigenvalue weighted by Crippen LogP contribution is 2.23. The normalized spacial score (nSPS) is 11.9. The topological polar surface area (TPSA) is 32.7 Å². The van der Waals surface area contributed by atoms with E-state index in [-0.39, 0.29) is 13.2 Å². The number of methoxy groups -OCH3 is 1. The van der Waals surface area contributed by atoms with Crippen molar-refractivity contribution in [3.05, 3.63) is 29.3 Å². The third kappa shape index (κ3) is 4.54. The van der Waals surface area contributed by atoms with Gasteiger partial charge in [0.1, 0.15) is 5.75 Å². The number of aliphatic hydroxyl groups excluding tert-OH is 1. The summed E-state index contributed by atoms with van der Waals surface area (Å²) in [6, 6.07) is 4.96. The molecule has 0 spiro atoms. The van der Waals surface area contributed by atoms with Crippen molar-refractivity contribution in [2.75, 3.05) is 20.7 Å². The van der Waals surface area contributed by atoms with Gasteiger partial charge < -0.3 is 9.84 Å². The summed E-state index contributed by atoms with van der Waals surface area (Å²) in [6.45, 7) is -1.03. The highest BCUT2D eigenvalue weighted by atomic mass is 19.4. The predicted molar refractivity (Wildman–Crippen MR) is 61.3 cm³/mol. The fraction of sp³-hybridized carbons (Fsp3) is 0.500. The molecule has 1 N–H and O–H groups in total. The Morgan fingerprint density at radius 3 is 2.50 bits per heavy atom. The van der Waals surface area contributed by atoms with Crippen molar-refractivity contribution in [2.24, 2.45) is 0 Å². The molecule has 1 aromatic carbocycles. The summed E-state index contributed by atoms with van der Waals surface area (Å²) in [4.78, 5) is 1.15. The van der Waals surface area contributed by atoms with Crippen LogP contribution >= 0.6 is 0 Å². The summed E-state index contributed by atoms with van der Waals surface area (Å²) in [5.74, 6) is 0.515. The van der Waals surface area contributed by atoms with Gasteiger partial charge >= 0.3 is 6.18 Å². The van der Waals surface area contributed by atoms with Crippen molar-refractivity contribution in [1.29, 1.82) is 0 Å². The standard InChI is InChI=1S/C12H16F3NO2/c1-16(8-12(13,14)15)6-10-5-9(7-17)3-4-11(10)18-2/h3-5,17H,6-8H2,1-2H3. The fourth-order valence-corrected chi connectivity index (χ4v) is 1.71. The fourth-order valence-electron chi connectivity index (χ4n) is 1.71. The van der Waals surface area contributed by atoms with Crippen molar-refractivity contribution in [2.45, 2.75) is 19.3 Å². The van der Waals surface area contributed by atoms with Gasteiger partial charge in [-0.2, -0.15) is 13.2 Å². The van der Waals surface area contributed by atoms with Crippen molar-refractivity contribution in [3.63, 3.8) is 0 Å². The number of rotatable bonds is 5. The molecule has 0 aliphatic carbocycles. The Morgan fingerprint density at radius 1 is 1.33 bits per heavy atom. The number of benzene rings is 1. The molecule has 0 bridgehead atoms. The zero-order valence-corrected chi connectivity index (χ0v) is 10.3. The lowest BCUT2D eigenvalue weighted by Crippen LogP contribution is -2.30. The van der Waals surface area contributed by atoms with E-state index in [1.165, 1.54) is 14.2 Å². The highest BCUT2D eigenvalue weighted by Gasteiger charge is 2.29. The molecule has 0 atom stereocenters. The summed E-state index contributed by atoms with van der Waals surface area (Å²) in [6.07, 6.45) is -4.23. The van der Waals surface area contributed by atoms with Gasteiger partial charge in [0.05, 0.1) is 20.3 Å². The molecule has 0 amide bonds. The van der Waals surface area contributed by atoms with Crippen LogP contribution in [0.3, 0.4) is 0 Å². The monoisotopic (exact) mass is 263 g/mol. The first-order chi connectivity index (χ1) is 8.35. The van der Waals surface area contributed by atoms with Crippen LogP contribution in [-0.4, -0.2) is 36.9 Å². The minimum atomic E-state index is -4.23. The Balaban J connectivity index is 2.81. The van der Waals surface area contributed by atoms with E-state index in [0.29, 0.717) is 16.9 Å². The van der Waals surface area contributed by atoms with E-state index in [1.807, 2.05) is 0 Å². The lowest BCUT2D eigenvalue weighted by atomic mass is 10.1. The number of hydrogen-bond acceptors (Lipinski definition) is 3. The van der Waals surface area contributed by atoms with Crippen molar-refractivity contribution in [1.82, 2.24) is 4.90 Å². The molecule has 0 aromatic heterocycles. The molecule has 0 saturated heterocycles. The summed E-state index contributed by atoms with van der Waals surface area (Å²) < 4.78 is 41.8. The van der Waals surface area contributed by atoms with Crippen LogP contribution in [0.1, 0.15) is 11.1 Å². The van der Waals surface area contributed by atoms with Crippen LogP contribution in [0.4, 0.5) is 13.2 Å². The van der Waals surface area contributed by atoms with Crippen LogP contribution in [-0.2, 0) is 13.2 Å². The van der Waals surface area contributed by atoms with Crippen molar-refractivity contribution < 1.29 is 23.0 Å². The third-order valence-corrected chi connectivity index (χ3v) is 2.42. The quantitative estimate of drug-likeness (QED) is 0.883. The first-order valence-electron chi connectivity index (χ1n) is 5.37.